The van der Waals surface area contributed by atoms with Crippen LogP contribution in [0.3, 0.4) is 0 Å². The molecular weight excluding hydrogens is 376 g/mol. The second-order valence-electron chi connectivity index (χ2n) is 5.99. The van der Waals surface area contributed by atoms with E-state index in [-0.39, 0.29) is 16.5 Å². The number of nitrogens with zero attached hydrogens (tertiary/aromatic N) is 1. The monoisotopic (exact) mass is 394 g/mol. The number of carbonyl (C=O) groups excluding carboxylic acids is 1. The summed E-state index contributed by atoms with van der Waals surface area (Å²) in [5, 5.41) is 10.8. The van der Waals surface area contributed by atoms with Crippen molar-refractivity contribution in [3.05, 3.63) is 47.3 Å². The number of nitrogens with one attached hydrogen (secondary N) is 1. The highest BCUT2D eigenvalue weighted by Crippen LogP contribution is 2.22. The fraction of sp³-hybridized carbons (Fsp3) is 0.294. The normalized spacial score (nSPS) is 17.2. The molecule has 0 saturated carbocycles. The third kappa shape index (κ3) is 4.05. The number of rotatable bonds is 6. The highest BCUT2D eigenvalue weighted by atomic mass is 32.2. The minimum absolute atomic E-state index is 0.0851. The van der Waals surface area contributed by atoms with Crippen LogP contribution in [0.5, 0.6) is 0 Å². The Morgan fingerprint density at radius 2 is 1.96 bits per heavy atom. The topological polar surface area (TPSA) is 104 Å². The molecule has 1 aromatic heterocycles. The van der Waals surface area contributed by atoms with Crippen molar-refractivity contribution in [3.8, 4) is 0 Å². The van der Waals surface area contributed by atoms with Crippen molar-refractivity contribution in [2.75, 3.05) is 11.3 Å². The Morgan fingerprint density at radius 3 is 2.58 bits per heavy atom. The van der Waals surface area contributed by atoms with Gasteiger partial charge >= 0.3 is 5.97 Å². The summed E-state index contributed by atoms with van der Waals surface area (Å²) < 4.78 is 27.1. The van der Waals surface area contributed by atoms with Crippen molar-refractivity contribution in [1.82, 2.24) is 4.90 Å². The van der Waals surface area contributed by atoms with E-state index in [4.69, 9.17) is 5.11 Å². The van der Waals surface area contributed by atoms with Gasteiger partial charge in [-0.05, 0) is 42.0 Å². The number of likely N-dealkylation sites (tertiary alicyclic amines) is 1. The quantitative estimate of drug-likeness (QED) is 0.781. The molecule has 1 amide bonds. The van der Waals surface area contributed by atoms with E-state index in [1.54, 1.807) is 35.7 Å². The molecule has 0 unspecified atom stereocenters. The summed E-state index contributed by atoms with van der Waals surface area (Å²) in [5.74, 6) is -1.21. The van der Waals surface area contributed by atoms with E-state index in [9.17, 15) is 18.0 Å². The molecule has 26 heavy (non-hydrogen) atoms. The molecule has 1 atom stereocenters. The number of hydrogen-bond acceptors (Lipinski definition) is 5. The zero-order chi connectivity index (χ0) is 18.7. The molecule has 1 aliphatic heterocycles. The lowest BCUT2D eigenvalue weighted by atomic mass is 10.1. The SMILES string of the molecule is O=C(O)[C@@H]1CCCN1C(=O)Cc1ccc(NS(=O)(=O)c2cccs2)cc1. The molecule has 7 nitrogen and oxygen atoms in total. The summed E-state index contributed by atoms with van der Waals surface area (Å²) >= 11 is 1.13. The van der Waals surface area contributed by atoms with Crippen LogP contribution in [0.4, 0.5) is 5.69 Å². The van der Waals surface area contributed by atoms with Crippen LogP contribution in [0.2, 0.25) is 0 Å². The summed E-state index contributed by atoms with van der Waals surface area (Å²) in [6.45, 7) is 0.453. The van der Waals surface area contributed by atoms with Crippen LogP contribution in [-0.2, 0) is 26.0 Å². The maximum Gasteiger partial charge on any atom is 0.326 e. The summed E-state index contributed by atoms with van der Waals surface area (Å²) in [7, 11) is -3.61. The third-order valence-electron chi connectivity index (χ3n) is 4.18. The first-order valence-electron chi connectivity index (χ1n) is 8.04. The Kier molecular flexibility index (Phi) is 5.28. The molecule has 0 radical (unpaired) electrons. The van der Waals surface area contributed by atoms with Gasteiger partial charge in [0.05, 0.1) is 6.42 Å². The largest absolute Gasteiger partial charge is 0.480 e. The van der Waals surface area contributed by atoms with Gasteiger partial charge in [-0.3, -0.25) is 9.52 Å². The Balaban J connectivity index is 1.65. The van der Waals surface area contributed by atoms with Crippen LogP contribution in [0.1, 0.15) is 18.4 Å². The van der Waals surface area contributed by atoms with Crippen molar-refractivity contribution in [1.29, 1.82) is 0 Å². The maximum atomic E-state index is 12.4. The number of anilines is 1. The summed E-state index contributed by atoms with van der Waals surface area (Å²) in [6.07, 6.45) is 1.25. The molecule has 0 bridgehead atoms. The number of carboxylic acids is 1. The predicted molar refractivity (Wildman–Crippen MR) is 97.6 cm³/mol. The van der Waals surface area contributed by atoms with Crippen molar-refractivity contribution >= 4 is 38.9 Å². The Bertz CT molecular complexity index is 892. The zero-order valence-electron chi connectivity index (χ0n) is 13.8. The van der Waals surface area contributed by atoms with Crippen molar-refractivity contribution in [2.45, 2.75) is 29.5 Å². The minimum atomic E-state index is -3.61. The number of benzene rings is 1. The number of hydrogen-bond donors (Lipinski definition) is 2. The second-order valence-corrected chi connectivity index (χ2v) is 8.85. The van der Waals surface area contributed by atoms with Gasteiger partial charge in [-0.25, -0.2) is 13.2 Å². The molecule has 2 heterocycles. The Morgan fingerprint density at radius 1 is 1.23 bits per heavy atom. The highest BCUT2D eigenvalue weighted by Gasteiger charge is 2.33. The van der Waals surface area contributed by atoms with Crippen molar-refractivity contribution in [3.63, 3.8) is 0 Å². The van der Waals surface area contributed by atoms with E-state index in [1.807, 2.05) is 0 Å². The molecule has 0 aliphatic carbocycles. The van der Waals surface area contributed by atoms with E-state index in [0.717, 1.165) is 11.3 Å². The third-order valence-corrected chi connectivity index (χ3v) is 6.96. The van der Waals surface area contributed by atoms with Gasteiger partial charge in [-0.15, -0.1) is 11.3 Å². The van der Waals surface area contributed by atoms with Gasteiger partial charge in [0.1, 0.15) is 10.3 Å². The maximum absolute atomic E-state index is 12.4. The molecule has 1 aliphatic rings. The van der Waals surface area contributed by atoms with E-state index in [2.05, 4.69) is 4.72 Å². The minimum Gasteiger partial charge on any atom is -0.480 e. The van der Waals surface area contributed by atoms with Gasteiger partial charge in [0.25, 0.3) is 10.0 Å². The van der Waals surface area contributed by atoms with Gasteiger partial charge in [0, 0.05) is 12.2 Å². The Hall–Kier alpha value is -2.39. The summed E-state index contributed by atoms with van der Waals surface area (Å²) in [5.41, 5.74) is 1.10. The van der Waals surface area contributed by atoms with Crippen LogP contribution in [0, 0.1) is 0 Å². The van der Waals surface area contributed by atoms with Crippen LogP contribution in [-0.4, -0.2) is 42.9 Å². The number of aliphatic carboxylic acids is 1. The molecule has 3 rings (SSSR count). The molecular formula is C17H18N2O5S2. The molecule has 1 fully saturated rings. The van der Waals surface area contributed by atoms with E-state index >= 15 is 0 Å². The van der Waals surface area contributed by atoms with Gasteiger partial charge in [0.15, 0.2) is 0 Å². The van der Waals surface area contributed by atoms with Crippen LogP contribution >= 0.6 is 11.3 Å². The van der Waals surface area contributed by atoms with E-state index in [0.29, 0.717) is 30.6 Å². The second kappa shape index (κ2) is 7.46. The van der Waals surface area contributed by atoms with E-state index < -0.39 is 22.0 Å². The average Bonchev–Trinajstić information content (AvgIpc) is 3.28. The number of amides is 1. The van der Waals surface area contributed by atoms with Gasteiger partial charge in [0.2, 0.25) is 5.91 Å². The first kappa shape index (κ1) is 18.4. The number of sulfonamides is 1. The molecule has 1 saturated heterocycles. The van der Waals surface area contributed by atoms with Crippen LogP contribution in [0.25, 0.3) is 0 Å². The van der Waals surface area contributed by atoms with Gasteiger partial charge < -0.3 is 10.0 Å². The van der Waals surface area contributed by atoms with E-state index in [1.165, 1.54) is 11.0 Å². The van der Waals surface area contributed by atoms with Gasteiger partial charge in [-0.1, -0.05) is 18.2 Å². The average molecular weight is 394 g/mol. The summed E-state index contributed by atoms with van der Waals surface area (Å²) in [4.78, 5) is 24.9. The fourth-order valence-electron chi connectivity index (χ4n) is 2.91. The first-order valence-corrected chi connectivity index (χ1v) is 10.4. The summed E-state index contributed by atoms with van der Waals surface area (Å²) in [6, 6.07) is 8.94. The molecule has 9 heteroatoms. The molecule has 2 N–H and O–H groups in total. The smallest absolute Gasteiger partial charge is 0.326 e. The number of thiophene rings is 1. The highest BCUT2D eigenvalue weighted by molar-refractivity contribution is 7.94. The lowest BCUT2D eigenvalue weighted by Gasteiger charge is -2.21. The lowest BCUT2D eigenvalue weighted by Crippen LogP contribution is -2.41. The number of carboxylic acid groups (broad SMARTS) is 1. The lowest BCUT2D eigenvalue weighted by molar-refractivity contribution is -0.148. The Labute approximate surface area is 155 Å². The number of carbonyl (C=O) groups is 2. The molecule has 1 aromatic carbocycles. The zero-order valence-corrected chi connectivity index (χ0v) is 15.4. The molecule has 2 aromatic rings. The predicted octanol–water partition coefficient (Wildman–Crippen LogP) is 2.17. The standard InChI is InChI=1S/C17H18N2O5S2/c20-15(19-9-1-3-14(19)17(21)22)11-12-5-7-13(8-6-12)18-26(23,24)16-4-2-10-25-16/h2,4-8,10,14,18H,1,3,9,11H2,(H,21,22)/t14-/m0/s1. The van der Waals surface area contributed by atoms with Crippen molar-refractivity contribution in [2.24, 2.45) is 0 Å². The van der Waals surface area contributed by atoms with Crippen LogP contribution in [0.15, 0.2) is 46.0 Å². The van der Waals surface area contributed by atoms with Crippen molar-refractivity contribution < 1.29 is 23.1 Å². The molecule has 138 valence electrons. The fourth-order valence-corrected chi connectivity index (χ4v) is 4.96. The van der Waals surface area contributed by atoms with Crippen LogP contribution < -0.4 is 4.72 Å². The first-order chi connectivity index (χ1) is 12.4. The molecule has 0 spiro atoms. The van der Waals surface area contributed by atoms with Gasteiger partial charge in [-0.2, -0.15) is 0 Å².